The quantitative estimate of drug-likeness (QED) is 0.0558. The van der Waals surface area contributed by atoms with Crippen LogP contribution in [0.5, 0.6) is 5.75 Å². The summed E-state index contributed by atoms with van der Waals surface area (Å²) in [7, 11) is 0. The Morgan fingerprint density at radius 2 is 1.30 bits per heavy atom. The fourth-order valence-electron chi connectivity index (χ4n) is 6.40. The Labute approximate surface area is 295 Å². The van der Waals surface area contributed by atoms with Crippen LogP contribution in [0, 0.1) is 0 Å². The lowest BCUT2D eigenvalue weighted by Crippen LogP contribution is -2.51. The van der Waals surface area contributed by atoms with E-state index < -0.39 is 10.8 Å². The normalized spacial score (nSPS) is 15.0. The molecule has 50 heavy (non-hydrogen) atoms. The summed E-state index contributed by atoms with van der Waals surface area (Å²) in [5.41, 5.74) is 4.69. The summed E-state index contributed by atoms with van der Waals surface area (Å²) in [6.07, 6.45) is 0.403. The van der Waals surface area contributed by atoms with E-state index in [1.165, 1.54) is 4.90 Å². The standard InChI is InChI=1S/C42H35N3O4S/c1-30(37-26-23-32-13-11-12-20-38(32)43-37)44-49-28-27-48-36-24-21-31(22-25-36)29-39-40(46)45(41(47)50-39)42(33-14-5-2-6-15-33,34-16-7-3-8-17-34)35-18-9-4-10-19-35/h2-26,39H,27-29H2,1H3. The molecule has 0 N–H and O–H groups in total. The van der Waals surface area contributed by atoms with Gasteiger partial charge in [-0.1, -0.05) is 144 Å². The minimum atomic E-state index is -1.13. The average molecular weight is 678 g/mol. The zero-order chi connectivity index (χ0) is 34.3. The summed E-state index contributed by atoms with van der Waals surface area (Å²) in [6, 6.07) is 48.9. The van der Waals surface area contributed by atoms with Crippen LogP contribution in [0.25, 0.3) is 10.9 Å². The van der Waals surface area contributed by atoms with Gasteiger partial charge < -0.3 is 9.57 Å². The van der Waals surface area contributed by atoms with Gasteiger partial charge in [-0.3, -0.25) is 14.5 Å². The van der Waals surface area contributed by atoms with E-state index in [-0.39, 0.29) is 17.8 Å². The van der Waals surface area contributed by atoms with E-state index in [1.54, 1.807) is 0 Å². The lowest BCUT2D eigenvalue weighted by Gasteiger charge is -2.42. The van der Waals surface area contributed by atoms with Crippen molar-refractivity contribution in [2.24, 2.45) is 5.16 Å². The molecule has 2 amide bonds. The largest absolute Gasteiger partial charge is 0.490 e. The first-order chi connectivity index (χ1) is 24.5. The molecule has 1 fully saturated rings. The fourth-order valence-corrected chi connectivity index (χ4v) is 7.46. The highest BCUT2D eigenvalue weighted by Crippen LogP contribution is 2.47. The molecule has 1 unspecified atom stereocenters. The minimum Gasteiger partial charge on any atom is -0.490 e. The third-order valence-electron chi connectivity index (χ3n) is 8.79. The van der Waals surface area contributed by atoms with Crippen molar-refractivity contribution >= 4 is 39.5 Å². The number of ether oxygens (including phenoxy) is 1. The number of imide groups is 1. The van der Waals surface area contributed by atoms with Gasteiger partial charge in [0.1, 0.15) is 23.6 Å². The lowest BCUT2D eigenvalue weighted by atomic mass is 9.75. The highest BCUT2D eigenvalue weighted by molar-refractivity contribution is 8.15. The average Bonchev–Trinajstić information content (AvgIpc) is 3.45. The summed E-state index contributed by atoms with van der Waals surface area (Å²) in [6.45, 7) is 2.44. The predicted octanol–water partition coefficient (Wildman–Crippen LogP) is 8.65. The van der Waals surface area contributed by atoms with E-state index in [0.29, 0.717) is 24.5 Å². The van der Waals surface area contributed by atoms with Crippen LogP contribution in [0.1, 0.15) is 34.9 Å². The number of aromatic nitrogens is 1. The van der Waals surface area contributed by atoms with Crippen molar-refractivity contribution in [1.82, 2.24) is 9.88 Å². The summed E-state index contributed by atoms with van der Waals surface area (Å²) >= 11 is 1.08. The Hall–Kier alpha value is -5.73. The molecule has 1 aromatic heterocycles. The van der Waals surface area contributed by atoms with Crippen LogP contribution in [-0.4, -0.2) is 45.2 Å². The van der Waals surface area contributed by atoms with E-state index in [2.05, 4.69) is 10.1 Å². The van der Waals surface area contributed by atoms with E-state index in [1.807, 2.05) is 159 Å². The molecule has 1 aliphatic rings. The smallest absolute Gasteiger partial charge is 0.290 e. The molecule has 0 saturated carbocycles. The molecule has 1 saturated heterocycles. The third kappa shape index (κ3) is 6.62. The molecule has 0 radical (unpaired) electrons. The van der Waals surface area contributed by atoms with E-state index in [4.69, 9.17) is 9.57 Å². The summed E-state index contributed by atoms with van der Waals surface area (Å²) in [5.74, 6) is 0.456. The highest BCUT2D eigenvalue weighted by Gasteiger charge is 2.53. The van der Waals surface area contributed by atoms with E-state index >= 15 is 0 Å². The number of hydrogen-bond donors (Lipinski definition) is 0. The number of oxime groups is 1. The van der Waals surface area contributed by atoms with Crippen molar-refractivity contribution in [3.8, 4) is 5.75 Å². The van der Waals surface area contributed by atoms with Gasteiger partial charge in [-0.2, -0.15) is 0 Å². The van der Waals surface area contributed by atoms with Crippen molar-refractivity contribution in [3.63, 3.8) is 0 Å². The molecular formula is C42H35N3O4S. The van der Waals surface area contributed by atoms with Gasteiger partial charge in [-0.05, 0) is 59.9 Å². The summed E-state index contributed by atoms with van der Waals surface area (Å²) < 4.78 is 5.88. The minimum absolute atomic E-state index is 0.219. The van der Waals surface area contributed by atoms with Crippen LogP contribution in [-0.2, 0) is 21.6 Å². The Balaban J connectivity index is 1.02. The molecule has 1 aliphatic heterocycles. The number of carbonyl (C=O) groups is 2. The number of rotatable bonds is 12. The molecule has 8 heteroatoms. The van der Waals surface area contributed by atoms with Gasteiger partial charge in [0.2, 0.25) is 5.91 Å². The van der Waals surface area contributed by atoms with Gasteiger partial charge in [0.25, 0.3) is 5.24 Å². The van der Waals surface area contributed by atoms with E-state index in [0.717, 1.165) is 50.6 Å². The number of benzene rings is 5. The molecule has 6 aromatic rings. The second-order valence-electron chi connectivity index (χ2n) is 12.0. The van der Waals surface area contributed by atoms with Gasteiger partial charge in [-0.25, -0.2) is 4.98 Å². The first-order valence-corrected chi connectivity index (χ1v) is 17.4. The van der Waals surface area contributed by atoms with Crippen LogP contribution >= 0.6 is 11.8 Å². The van der Waals surface area contributed by atoms with Crippen molar-refractivity contribution in [2.45, 2.75) is 24.1 Å². The van der Waals surface area contributed by atoms with Gasteiger partial charge in [0, 0.05) is 5.39 Å². The van der Waals surface area contributed by atoms with Gasteiger partial charge >= 0.3 is 0 Å². The number of para-hydroxylation sites is 1. The number of hydrogen-bond acceptors (Lipinski definition) is 7. The number of carbonyl (C=O) groups excluding carboxylic acids is 2. The predicted molar refractivity (Wildman–Crippen MR) is 198 cm³/mol. The monoisotopic (exact) mass is 677 g/mol. The number of pyridine rings is 1. The van der Waals surface area contributed by atoms with Gasteiger partial charge in [0.05, 0.1) is 16.5 Å². The molecular weight excluding hydrogens is 643 g/mol. The molecule has 7 rings (SSSR count). The lowest BCUT2D eigenvalue weighted by molar-refractivity contribution is -0.129. The third-order valence-corrected chi connectivity index (χ3v) is 9.83. The number of fused-ring (bicyclic) bond motifs is 1. The van der Waals surface area contributed by atoms with Crippen molar-refractivity contribution in [2.75, 3.05) is 13.2 Å². The molecule has 7 nitrogen and oxygen atoms in total. The molecule has 1 atom stereocenters. The Morgan fingerprint density at radius 3 is 1.92 bits per heavy atom. The zero-order valence-electron chi connectivity index (χ0n) is 27.5. The topological polar surface area (TPSA) is 81.1 Å². The Kier molecular flexibility index (Phi) is 9.71. The first-order valence-electron chi connectivity index (χ1n) is 16.5. The molecule has 0 bridgehead atoms. The molecule has 5 aromatic carbocycles. The van der Waals surface area contributed by atoms with Crippen molar-refractivity contribution in [1.29, 1.82) is 0 Å². The van der Waals surface area contributed by atoms with Crippen LogP contribution in [0.2, 0.25) is 0 Å². The molecule has 0 spiro atoms. The molecule has 248 valence electrons. The fraction of sp³-hybridized carbons (Fsp3) is 0.143. The van der Waals surface area contributed by atoms with E-state index in [9.17, 15) is 9.59 Å². The second-order valence-corrected chi connectivity index (χ2v) is 13.1. The number of nitrogens with zero attached hydrogens (tertiary/aromatic N) is 3. The number of amides is 2. The first kappa shape index (κ1) is 32.8. The molecule has 2 heterocycles. The van der Waals surface area contributed by atoms with Crippen LogP contribution in [0.4, 0.5) is 4.79 Å². The second kappa shape index (κ2) is 14.8. The van der Waals surface area contributed by atoms with Gasteiger partial charge in [-0.15, -0.1) is 0 Å². The number of thioether (sulfide) groups is 1. The Morgan fingerprint density at radius 1 is 0.720 bits per heavy atom. The SMILES string of the molecule is CC(=NOCCOc1ccc(CC2SC(=O)N(C(c3ccccc3)(c3ccccc3)c3ccccc3)C2=O)cc1)c1ccc2ccccc2n1. The van der Waals surface area contributed by atoms with Gasteiger partial charge in [0.15, 0.2) is 6.61 Å². The van der Waals surface area contributed by atoms with Crippen LogP contribution in [0.15, 0.2) is 157 Å². The highest BCUT2D eigenvalue weighted by atomic mass is 32.2. The van der Waals surface area contributed by atoms with Crippen molar-refractivity contribution in [3.05, 3.63) is 180 Å². The van der Waals surface area contributed by atoms with Crippen LogP contribution in [0.3, 0.4) is 0 Å². The maximum absolute atomic E-state index is 14.4. The summed E-state index contributed by atoms with van der Waals surface area (Å²) in [5, 5.41) is 4.44. The zero-order valence-corrected chi connectivity index (χ0v) is 28.3. The molecule has 0 aliphatic carbocycles. The van der Waals surface area contributed by atoms with Crippen molar-refractivity contribution < 1.29 is 19.2 Å². The Bertz CT molecular complexity index is 2030. The van der Waals surface area contributed by atoms with Crippen LogP contribution < -0.4 is 4.74 Å². The maximum atomic E-state index is 14.4. The summed E-state index contributed by atoms with van der Waals surface area (Å²) in [4.78, 5) is 40.0. The maximum Gasteiger partial charge on any atom is 0.290 e.